The van der Waals surface area contributed by atoms with Crippen molar-refractivity contribution in [3.05, 3.63) is 35.9 Å². The van der Waals surface area contributed by atoms with Gasteiger partial charge in [-0.15, -0.1) is 0 Å². The number of aliphatic hydroxyl groups is 2. The Balaban J connectivity index is 3.32. The molecule has 26 heavy (non-hydrogen) atoms. The maximum atomic E-state index is 12.8. The number of benzene rings is 1. The number of hydrogen-bond donors (Lipinski definition) is 2. The van der Waals surface area contributed by atoms with Crippen LogP contribution in [0.25, 0.3) is 0 Å². The summed E-state index contributed by atoms with van der Waals surface area (Å²) in [6.07, 6.45) is -1.71. The number of nitrogens with zero attached hydrogens (tertiary/aromatic N) is 1. The Kier molecular flexibility index (Phi) is 8.20. The van der Waals surface area contributed by atoms with Crippen LogP contribution in [-0.2, 0) is 19.1 Å². The summed E-state index contributed by atoms with van der Waals surface area (Å²) in [4.78, 5) is 26.3. The number of methoxy groups -OCH3 is 1. The number of ether oxygens (including phenoxy) is 2. The fraction of sp³-hybridized carbons (Fsp3) is 0.579. The minimum Gasteiger partial charge on any atom is -0.467 e. The van der Waals surface area contributed by atoms with Gasteiger partial charge in [-0.2, -0.15) is 0 Å². The topological polar surface area (TPSA) is 96.3 Å². The molecule has 146 valence electrons. The summed E-state index contributed by atoms with van der Waals surface area (Å²) in [5, 5.41) is 19.8. The molecule has 0 aliphatic rings. The number of hydrogen-bond acceptors (Lipinski definition) is 6. The summed E-state index contributed by atoms with van der Waals surface area (Å²) in [7, 11) is 1.22. The highest BCUT2D eigenvalue weighted by Gasteiger charge is 2.38. The van der Waals surface area contributed by atoms with Gasteiger partial charge in [0.15, 0.2) is 6.04 Å². The fourth-order valence-electron chi connectivity index (χ4n) is 2.39. The smallest absolute Gasteiger partial charge is 0.333 e. The van der Waals surface area contributed by atoms with Gasteiger partial charge in [0.2, 0.25) is 12.3 Å². The van der Waals surface area contributed by atoms with Crippen LogP contribution >= 0.6 is 0 Å². The molecule has 1 amide bonds. The molecule has 0 heterocycles. The molecule has 0 radical (unpaired) electrons. The minimum atomic E-state index is -1.65. The SMILES string of the molecule is COC(=O)C(c1ccccc1)N(C(=O)CC(C)CO)C(O)OC(C)(C)C. The van der Waals surface area contributed by atoms with Crippen molar-refractivity contribution in [3.8, 4) is 0 Å². The maximum Gasteiger partial charge on any atom is 0.333 e. The Morgan fingerprint density at radius 2 is 1.77 bits per heavy atom. The second kappa shape index (κ2) is 9.66. The van der Waals surface area contributed by atoms with Crippen LogP contribution in [0.15, 0.2) is 30.3 Å². The second-order valence-corrected chi connectivity index (χ2v) is 7.19. The summed E-state index contributed by atoms with van der Waals surface area (Å²) < 4.78 is 10.4. The van der Waals surface area contributed by atoms with Gasteiger partial charge < -0.3 is 19.7 Å². The van der Waals surface area contributed by atoms with Crippen LogP contribution in [0.2, 0.25) is 0 Å². The molecule has 3 atom stereocenters. The van der Waals surface area contributed by atoms with Gasteiger partial charge in [-0.05, 0) is 32.3 Å². The Morgan fingerprint density at radius 3 is 2.23 bits per heavy atom. The number of aliphatic hydroxyl groups excluding tert-OH is 2. The van der Waals surface area contributed by atoms with E-state index in [4.69, 9.17) is 9.47 Å². The molecule has 7 heteroatoms. The second-order valence-electron chi connectivity index (χ2n) is 7.19. The molecule has 7 nitrogen and oxygen atoms in total. The van der Waals surface area contributed by atoms with E-state index in [2.05, 4.69) is 0 Å². The van der Waals surface area contributed by atoms with Crippen molar-refractivity contribution in [2.45, 2.75) is 52.2 Å². The van der Waals surface area contributed by atoms with Gasteiger partial charge in [0.1, 0.15) is 0 Å². The van der Waals surface area contributed by atoms with E-state index in [9.17, 15) is 19.8 Å². The van der Waals surface area contributed by atoms with E-state index in [1.165, 1.54) is 7.11 Å². The highest BCUT2D eigenvalue weighted by Crippen LogP contribution is 2.27. The molecular formula is C19H29NO6. The highest BCUT2D eigenvalue weighted by atomic mass is 16.6. The van der Waals surface area contributed by atoms with Crippen LogP contribution in [0.1, 0.15) is 45.7 Å². The Hall–Kier alpha value is -1.96. The molecule has 0 saturated heterocycles. The van der Waals surface area contributed by atoms with E-state index >= 15 is 0 Å². The third kappa shape index (κ3) is 6.40. The van der Waals surface area contributed by atoms with E-state index < -0.39 is 29.9 Å². The first kappa shape index (κ1) is 22.1. The molecule has 2 N–H and O–H groups in total. The third-order valence-corrected chi connectivity index (χ3v) is 3.64. The van der Waals surface area contributed by atoms with Crippen LogP contribution in [0.4, 0.5) is 0 Å². The van der Waals surface area contributed by atoms with Crippen molar-refractivity contribution < 1.29 is 29.3 Å². The highest BCUT2D eigenvalue weighted by molar-refractivity contribution is 5.85. The molecule has 1 aromatic carbocycles. The lowest BCUT2D eigenvalue weighted by Crippen LogP contribution is -2.50. The lowest BCUT2D eigenvalue weighted by atomic mass is 10.0. The summed E-state index contributed by atoms with van der Waals surface area (Å²) in [6.45, 7) is 6.69. The van der Waals surface area contributed by atoms with Crippen molar-refractivity contribution in [3.63, 3.8) is 0 Å². The monoisotopic (exact) mass is 367 g/mol. The van der Waals surface area contributed by atoms with Gasteiger partial charge in [-0.25, -0.2) is 4.79 Å². The molecule has 0 aliphatic carbocycles. The molecule has 0 aromatic heterocycles. The molecule has 0 spiro atoms. The molecule has 0 fully saturated rings. The zero-order chi connectivity index (χ0) is 19.9. The van der Waals surface area contributed by atoms with Gasteiger partial charge in [-0.1, -0.05) is 37.3 Å². The van der Waals surface area contributed by atoms with Crippen molar-refractivity contribution in [2.75, 3.05) is 13.7 Å². The van der Waals surface area contributed by atoms with Crippen LogP contribution in [0.5, 0.6) is 0 Å². The van der Waals surface area contributed by atoms with Crippen molar-refractivity contribution in [2.24, 2.45) is 5.92 Å². The summed E-state index contributed by atoms with van der Waals surface area (Å²) in [5.74, 6) is -1.55. The van der Waals surface area contributed by atoms with Crippen LogP contribution < -0.4 is 0 Å². The van der Waals surface area contributed by atoms with E-state index in [1.54, 1.807) is 58.0 Å². The molecule has 0 bridgehead atoms. The van der Waals surface area contributed by atoms with Crippen molar-refractivity contribution in [1.29, 1.82) is 0 Å². The normalized spacial score (nSPS) is 15.0. The van der Waals surface area contributed by atoms with Gasteiger partial charge in [0, 0.05) is 13.0 Å². The van der Waals surface area contributed by atoms with E-state index in [-0.39, 0.29) is 18.9 Å². The Labute approximate surface area is 154 Å². The molecule has 1 rings (SSSR count). The van der Waals surface area contributed by atoms with Crippen LogP contribution in [0.3, 0.4) is 0 Å². The lowest BCUT2D eigenvalue weighted by Gasteiger charge is -2.37. The molecule has 0 saturated carbocycles. The first-order valence-corrected chi connectivity index (χ1v) is 8.51. The number of esters is 1. The maximum absolute atomic E-state index is 12.8. The molecule has 3 unspecified atom stereocenters. The average Bonchev–Trinajstić information content (AvgIpc) is 2.57. The zero-order valence-corrected chi connectivity index (χ0v) is 16.0. The number of rotatable bonds is 8. The first-order chi connectivity index (χ1) is 12.1. The lowest BCUT2D eigenvalue weighted by molar-refractivity contribution is -0.247. The predicted octanol–water partition coefficient (Wildman–Crippen LogP) is 1.84. The zero-order valence-electron chi connectivity index (χ0n) is 16.0. The summed E-state index contributed by atoms with van der Waals surface area (Å²) in [5.41, 5.74) is -0.265. The van der Waals surface area contributed by atoms with Gasteiger partial charge in [0.25, 0.3) is 0 Å². The summed E-state index contributed by atoms with van der Waals surface area (Å²) in [6, 6.07) is 7.39. The Morgan fingerprint density at radius 1 is 1.19 bits per heavy atom. The minimum absolute atomic E-state index is 0.0542. The third-order valence-electron chi connectivity index (χ3n) is 3.64. The fourth-order valence-corrected chi connectivity index (χ4v) is 2.39. The number of carbonyl (C=O) groups is 2. The first-order valence-electron chi connectivity index (χ1n) is 8.51. The van der Waals surface area contributed by atoms with E-state index in [1.807, 2.05) is 0 Å². The molecule has 1 aromatic rings. The van der Waals surface area contributed by atoms with Gasteiger partial charge >= 0.3 is 5.97 Å². The standard InChI is InChI=1S/C19H29NO6/c1-13(12-21)11-15(22)20(18(24)26-19(2,3)4)16(17(23)25-5)14-9-7-6-8-10-14/h6-10,13,16,18,21,24H,11-12H2,1-5H3. The van der Waals surface area contributed by atoms with Crippen molar-refractivity contribution >= 4 is 11.9 Å². The number of amides is 1. The largest absolute Gasteiger partial charge is 0.467 e. The van der Waals surface area contributed by atoms with Gasteiger partial charge in [-0.3, -0.25) is 9.69 Å². The predicted molar refractivity (Wildman–Crippen MR) is 95.8 cm³/mol. The van der Waals surface area contributed by atoms with Crippen LogP contribution in [0, 0.1) is 5.92 Å². The quantitative estimate of drug-likeness (QED) is 0.538. The average molecular weight is 367 g/mol. The summed E-state index contributed by atoms with van der Waals surface area (Å²) >= 11 is 0. The van der Waals surface area contributed by atoms with E-state index in [0.29, 0.717) is 5.56 Å². The molecule has 0 aliphatic heterocycles. The van der Waals surface area contributed by atoms with Crippen molar-refractivity contribution in [1.82, 2.24) is 4.90 Å². The van der Waals surface area contributed by atoms with E-state index in [0.717, 1.165) is 4.90 Å². The molecular weight excluding hydrogens is 338 g/mol. The van der Waals surface area contributed by atoms with Gasteiger partial charge in [0.05, 0.1) is 12.7 Å². The van der Waals surface area contributed by atoms with Crippen LogP contribution in [-0.4, -0.2) is 52.7 Å². The number of carbonyl (C=O) groups excluding carboxylic acids is 2. The Bertz CT molecular complexity index is 583.